The van der Waals surface area contributed by atoms with Gasteiger partial charge in [0.15, 0.2) is 0 Å². The number of amides is 1. The summed E-state index contributed by atoms with van der Waals surface area (Å²) < 4.78 is 0. The predicted octanol–water partition coefficient (Wildman–Crippen LogP) is 1.68. The van der Waals surface area contributed by atoms with Gasteiger partial charge < -0.3 is 4.90 Å². The molecule has 1 aliphatic rings. The van der Waals surface area contributed by atoms with Crippen molar-refractivity contribution in [3.8, 4) is 0 Å². The van der Waals surface area contributed by atoms with Gasteiger partial charge in [0.25, 0.3) is 0 Å². The summed E-state index contributed by atoms with van der Waals surface area (Å²) in [5.41, 5.74) is 0.332. The molecule has 0 bridgehead atoms. The van der Waals surface area contributed by atoms with E-state index in [9.17, 15) is 4.79 Å². The van der Waals surface area contributed by atoms with E-state index in [1.54, 1.807) is 0 Å². The molecule has 1 aliphatic heterocycles. The Bertz CT molecular complexity index is 202. The number of nitrogens with zero attached hydrogens (tertiary/aromatic N) is 1. The Kier molecular flexibility index (Phi) is 2.27. The van der Waals surface area contributed by atoms with E-state index < -0.39 is 0 Å². The minimum absolute atomic E-state index is 0.0631. The molecule has 1 amide bonds. The van der Waals surface area contributed by atoms with Crippen LogP contribution in [0, 0.1) is 11.3 Å². The lowest BCUT2D eigenvalue weighted by atomic mass is 9.72. The SMILES string of the molecule is C=CC(=O)N1CC(C)(C(C)C)C1. The van der Waals surface area contributed by atoms with Gasteiger partial charge >= 0.3 is 0 Å². The van der Waals surface area contributed by atoms with Gasteiger partial charge in [-0.2, -0.15) is 0 Å². The van der Waals surface area contributed by atoms with Crippen LogP contribution in [0.15, 0.2) is 12.7 Å². The van der Waals surface area contributed by atoms with Crippen LogP contribution in [-0.4, -0.2) is 23.9 Å². The third kappa shape index (κ3) is 1.38. The van der Waals surface area contributed by atoms with Crippen molar-refractivity contribution in [2.75, 3.05) is 13.1 Å². The van der Waals surface area contributed by atoms with Gasteiger partial charge in [0.1, 0.15) is 0 Å². The van der Waals surface area contributed by atoms with Crippen molar-refractivity contribution in [2.45, 2.75) is 20.8 Å². The topological polar surface area (TPSA) is 20.3 Å². The minimum Gasteiger partial charge on any atom is -0.338 e. The summed E-state index contributed by atoms with van der Waals surface area (Å²) in [6.07, 6.45) is 1.39. The summed E-state index contributed by atoms with van der Waals surface area (Å²) in [7, 11) is 0. The molecule has 0 radical (unpaired) electrons. The fraction of sp³-hybridized carbons (Fsp3) is 0.700. The molecule has 2 nitrogen and oxygen atoms in total. The first-order valence-corrected chi connectivity index (χ1v) is 4.41. The molecule has 0 aromatic heterocycles. The quantitative estimate of drug-likeness (QED) is 0.573. The highest BCUT2D eigenvalue weighted by Gasteiger charge is 2.42. The van der Waals surface area contributed by atoms with Gasteiger partial charge in [-0.3, -0.25) is 4.79 Å². The molecular weight excluding hydrogens is 150 g/mol. The first-order valence-electron chi connectivity index (χ1n) is 4.41. The second-order valence-corrected chi connectivity index (χ2v) is 4.21. The number of rotatable bonds is 2. The number of hydrogen-bond acceptors (Lipinski definition) is 1. The smallest absolute Gasteiger partial charge is 0.245 e. The number of hydrogen-bond donors (Lipinski definition) is 0. The molecule has 1 saturated heterocycles. The zero-order chi connectivity index (χ0) is 9.35. The maximum absolute atomic E-state index is 11.1. The van der Waals surface area contributed by atoms with Crippen LogP contribution in [0.3, 0.4) is 0 Å². The van der Waals surface area contributed by atoms with Crippen molar-refractivity contribution in [3.05, 3.63) is 12.7 Å². The summed E-state index contributed by atoms with van der Waals surface area (Å²) in [4.78, 5) is 13.0. The normalized spacial score (nSPS) is 20.5. The van der Waals surface area contributed by atoms with E-state index in [1.165, 1.54) is 6.08 Å². The number of likely N-dealkylation sites (tertiary alicyclic amines) is 1. The van der Waals surface area contributed by atoms with Crippen LogP contribution in [0.5, 0.6) is 0 Å². The average Bonchev–Trinajstić information content (AvgIpc) is 1.96. The van der Waals surface area contributed by atoms with Crippen molar-refractivity contribution in [2.24, 2.45) is 11.3 Å². The molecule has 2 heteroatoms. The molecule has 1 heterocycles. The third-order valence-electron chi connectivity index (χ3n) is 2.98. The molecule has 12 heavy (non-hydrogen) atoms. The standard InChI is InChI=1S/C10H17NO/c1-5-9(12)11-6-10(4,7-11)8(2)3/h5,8H,1,6-7H2,2-4H3. The van der Waals surface area contributed by atoms with Gasteiger partial charge in [0.05, 0.1) is 0 Å². The van der Waals surface area contributed by atoms with E-state index >= 15 is 0 Å². The summed E-state index contributed by atoms with van der Waals surface area (Å²) in [5, 5.41) is 0. The molecule has 1 rings (SSSR count). The van der Waals surface area contributed by atoms with Gasteiger partial charge in [0.2, 0.25) is 5.91 Å². The lowest BCUT2D eigenvalue weighted by Gasteiger charge is -2.50. The van der Waals surface area contributed by atoms with E-state index in [4.69, 9.17) is 0 Å². The molecule has 0 aromatic rings. The van der Waals surface area contributed by atoms with Crippen LogP contribution in [0.4, 0.5) is 0 Å². The lowest BCUT2D eigenvalue weighted by Crippen LogP contribution is -2.58. The maximum atomic E-state index is 11.1. The maximum Gasteiger partial charge on any atom is 0.245 e. The summed E-state index contributed by atoms with van der Waals surface area (Å²) in [6.45, 7) is 11.9. The second kappa shape index (κ2) is 2.92. The molecule has 0 spiro atoms. The summed E-state index contributed by atoms with van der Waals surface area (Å²) in [5.74, 6) is 0.708. The Hall–Kier alpha value is -0.790. The van der Waals surface area contributed by atoms with Crippen LogP contribution in [0.1, 0.15) is 20.8 Å². The van der Waals surface area contributed by atoms with Crippen molar-refractivity contribution >= 4 is 5.91 Å². The minimum atomic E-state index is 0.0631. The van der Waals surface area contributed by atoms with E-state index in [2.05, 4.69) is 27.4 Å². The predicted molar refractivity (Wildman–Crippen MR) is 49.7 cm³/mol. The van der Waals surface area contributed by atoms with E-state index in [1.807, 2.05) is 4.90 Å². The highest BCUT2D eigenvalue weighted by Crippen LogP contribution is 2.36. The summed E-state index contributed by atoms with van der Waals surface area (Å²) >= 11 is 0. The zero-order valence-corrected chi connectivity index (χ0v) is 8.13. The van der Waals surface area contributed by atoms with Gasteiger partial charge in [-0.1, -0.05) is 27.4 Å². The molecule has 0 aromatic carbocycles. The van der Waals surface area contributed by atoms with E-state index in [0.717, 1.165) is 13.1 Å². The zero-order valence-electron chi connectivity index (χ0n) is 8.13. The molecule has 0 atom stereocenters. The Morgan fingerprint density at radius 1 is 1.58 bits per heavy atom. The Morgan fingerprint density at radius 2 is 2.08 bits per heavy atom. The third-order valence-corrected chi connectivity index (χ3v) is 2.98. The van der Waals surface area contributed by atoms with Crippen LogP contribution in [0.2, 0.25) is 0 Å². The number of carbonyl (C=O) groups excluding carboxylic acids is 1. The first-order chi connectivity index (χ1) is 5.49. The molecule has 0 aliphatic carbocycles. The molecular formula is C10H17NO. The van der Waals surface area contributed by atoms with Gasteiger partial charge in [-0.25, -0.2) is 0 Å². The monoisotopic (exact) mass is 167 g/mol. The first kappa shape index (κ1) is 9.30. The Balaban J connectivity index is 2.46. The lowest BCUT2D eigenvalue weighted by molar-refractivity contribution is -0.139. The fourth-order valence-electron chi connectivity index (χ4n) is 1.48. The Morgan fingerprint density at radius 3 is 2.42 bits per heavy atom. The molecule has 0 unspecified atom stereocenters. The Labute approximate surface area is 74.2 Å². The van der Waals surface area contributed by atoms with Crippen molar-refractivity contribution in [1.29, 1.82) is 0 Å². The fourth-order valence-corrected chi connectivity index (χ4v) is 1.48. The van der Waals surface area contributed by atoms with Crippen molar-refractivity contribution in [3.63, 3.8) is 0 Å². The van der Waals surface area contributed by atoms with Crippen LogP contribution < -0.4 is 0 Å². The highest BCUT2D eigenvalue weighted by molar-refractivity contribution is 5.87. The average molecular weight is 167 g/mol. The van der Waals surface area contributed by atoms with Gasteiger partial charge in [-0.15, -0.1) is 0 Å². The van der Waals surface area contributed by atoms with Crippen molar-refractivity contribution in [1.82, 2.24) is 4.90 Å². The molecule has 0 N–H and O–H groups in total. The summed E-state index contributed by atoms with van der Waals surface area (Å²) in [6, 6.07) is 0. The largest absolute Gasteiger partial charge is 0.338 e. The molecule has 1 fully saturated rings. The van der Waals surface area contributed by atoms with Crippen LogP contribution >= 0.6 is 0 Å². The number of carbonyl (C=O) groups is 1. The van der Waals surface area contributed by atoms with Crippen molar-refractivity contribution < 1.29 is 4.79 Å². The van der Waals surface area contributed by atoms with Crippen LogP contribution in [0.25, 0.3) is 0 Å². The second-order valence-electron chi connectivity index (χ2n) is 4.21. The van der Waals surface area contributed by atoms with E-state index in [0.29, 0.717) is 11.3 Å². The van der Waals surface area contributed by atoms with Gasteiger partial charge in [0, 0.05) is 18.5 Å². The molecule has 68 valence electrons. The molecule has 0 saturated carbocycles. The van der Waals surface area contributed by atoms with Gasteiger partial charge in [-0.05, 0) is 12.0 Å². The van der Waals surface area contributed by atoms with Crippen LogP contribution in [-0.2, 0) is 4.79 Å². The van der Waals surface area contributed by atoms with E-state index in [-0.39, 0.29) is 5.91 Å². The highest BCUT2D eigenvalue weighted by atomic mass is 16.2.